The molecule has 0 aliphatic carbocycles. The van der Waals surface area contributed by atoms with Crippen LogP contribution in [0.2, 0.25) is 0 Å². The van der Waals surface area contributed by atoms with Crippen molar-refractivity contribution in [3.8, 4) is 6.07 Å². The molecule has 0 saturated carbocycles. The molecule has 138 valence electrons. The maximum Gasteiger partial charge on any atom is 0.152 e. The molecule has 6 nitrogen and oxygen atoms in total. The molecule has 0 aromatic carbocycles. The molecule has 0 aliphatic heterocycles. The number of hydrogen-bond acceptors (Lipinski definition) is 5. The van der Waals surface area contributed by atoms with Crippen molar-refractivity contribution in [1.82, 2.24) is 14.7 Å². The Labute approximate surface area is 154 Å². The fourth-order valence-electron chi connectivity index (χ4n) is 2.83. The maximum absolute atomic E-state index is 8.67. The predicted octanol–water partition coefficient (Wildman–Crippen LogP) is 2.25. The van der Waals surface area contributed by atoms with Gasteiger partial charge in [0.15, 0.2) is 5.82 Å². The second kappa shape index (κ2) is 9.62. The van der Waals surface area contributed by atoms with Crippen LogP contribution in [0, 0.1) is 11.3 Å². The van der Waals surface area contributed by atoms with Crippen molar-refractivity contribution in [2.45, 2.75) is 52.4 Å². The lowest BCUT2D eigenvalue weighted by Crippen LogP contribution is -2.32. The molecule has 0 fully saturated rings. The lowest BCUT2D eigenvalue weighted by Gasteiger charge is -2.11. The van der Waals surface area contributed by atoms with Gasteiger partial charge in [0.2, 0.25) is 0 Å². The molecule has 0 bridgehead atoms. The number of hydrogen-bond donors (Lipinski definition) is 1. The summed E-state index contributed by atoms with van der Waals surface area (Å²) < 4.78 is 1.80. The first-order valence-electron chi connectivity index (χ1n) is 9.14. The summed E-state index contributed by atoms with van der Waals surface area (Å²) in [5, 5.41) is 10.4. The van der Waals surface area contributed by atoms with E-state index in [9.17, 15) is 0 Å². The molecule has 2 aromatic rings. The molecular formula is C20H27N5O. The highest BCUT2D eigenvalue weighted by atomic mass is 16.7. The van der Waals surface area contributed by atoms with Gasteiger partial charge in [-0.05, 0) is 26.2 Å². The van der Waals surface area contributed by atoms with Gasteiger partial charge in [0.25, 0.3) is 0 Å². The van der Waals surface area contributed by atoms with Gasteiger partial charge in [0, 0.05) is 18.1 Å². The van der Waals surface area contributed by atoms with Gasteiger partial charge in [-0.15, -0.1) is 0 Å². The number of nitrogens with zero attached hydrogens (tertiary/aromatic N) is 4. The first-order valence-corrected chi connectivity index (χ1v) is 9.14. The molecule has 6 heteroatoms. The second-order valence-electron chi connectivity index (χ2n) is 6.06. The molecular weight excluding hydrogens is 326 g/mol. The first kappa shape index (κ1) is 19.5. The van der Waals surface area contributed by atoms with Crippen molar-refractivity contribution in [2.24, 2.45) is 0 Å². The van der Waals surface area contributed by atoms with E-state index >= 15 is 0 Å². The van der Waals surface area contributed by atoms with Gasteiger partial charge in [0.05, 0.1) is 11.4 Å². The number of anilines is 1. The molecule has 2 heterocycles. The number of nitrogens with two attached hydrogens (primary N) is 1. The number of rotatable bonds is 9. The van der Waals surface area contributed by atoms with E-state index in [1.54, 1.807) is 10.8 Å². The number of fused-ring (bicyclic) bond motifs is 1. The van der Waals surface area contributed by atoms with Gasteiger partial charge in [-0.1, -0.05) is 38.2 Å². The molecule has 0 radical (unpaired) electrons. The standard InChI is InChI=1S/C20H27N5O/c1-4-7-12-17-24-18-19(25(17)26-14-10-8-9-13-21)15(11-5-2)16(6-3)23-20(18)22/h5-6,11H,2,4,7-10,12,14H2,1,3H3,(H2,22,23)/b15-11+,16-6+. The Morgan fingerprint density at radius 1 is 1.31 bits per heavy atom. The fourth-order valence-corrected chi connectivity index (χ4v) is 2.83. The highest BCUT2D eigenvalue weighted by Crippen LogP contribution is 2.17. The Morgan fingerprint density at radius 2 is 2.12 bits per heavy atom. The van der Waals surface area contributed by atoms with Gasteiger partial charge in [0.1, 0.15) is 23.5 Å². The van der Waals surface area contributed by atoms with E-state index in [1.165, 1.54) is 0 Å². The van der Waals surface area contributed by atoms with E-state index in [4.69, 9.17) is 20.8 Å². The lowest BCUT2D eigenvalue weighted by atomic mass is 10.2. The predicted molar refractivity (Wildman–Crippen MR) is 106 cm³/mol. The molecule has 0 amide bonds. The van der Waals surface area contributed by atoms with Gasteiger partial charge >= 0.3 is 0 Å². The normalized spacial score (nSPS) is 12.5. The van der Waals surface area contributed by atoms with Gasteiger partial charge < -0.3 is 10.6 Å². The van der Waals surface area contributed by atoms with Crippen LogP contribution in [-0.4, -0.2) is 21.3 Å². The number of pyridine rings is 1. The van der Waals surface area contributed by atoms with Crippen LogP contribution < -0.4 is 21.1 Å². The van der Waals surface area contributed by atoms with Gasteiger partial charge in [-0.25, -0.2) is 9.97 Å². The lowest BCUT2D eigenvalue weighted by molar-refractivity contribution is 0.108. The Kier molecular flexibility index (Phi) is 7.22. The Hall–Kier alpha value is -2.81. The molecule has 0 spiro atoms. The van der Waals surface area contributed by atoms with E-state index in [0.717, 1.165) is 54.0 Å². The molecule has 0 unspecified atom stereocenters. The summed E-state index contributed by atoms with van der Waals surface area (Å²) in [7, 11) is 0. The van der Waals surface area contributed by atoms with Crippen molar-refractivity contribution in [3.63, 3.8) is 0 Å². The average molecular weight is 353 g/mol. The number of nitrogen functional groups attached to an aromatic ring is 1. The number of aryl methyl sites for hydroxylation is 1. The maximum atomic E-state index is 8.67. The molecule has 2 aromatic heterocycles. The Morgan fingerprint density at radius 3 is 2.77 bits per heavy atom. The number of nitriles is 1. The number of allylic oxidation sites excluding steroid dienone is 1. The van der Waals surface area contributed by atoms with E-state index in [1.807, 2.05) is 19.1 Å². The average Bonchev–Trinajstić information content (AvgIpc) is 3.01. The fraction of sp³-hybridized carbons (Fsp3) is 0.450. The minimum Gasteiger partial charge on any atom is -0.412 e. The summed E-state index contributed by atoms with van der Waals surface area (Å²) in [6.45, 7) is 8.41. The second-order valence-corrected chi connectivity index (χ2v) is 6.06. The summed E-state index contributed by atoms with van der Waals surface area (Å²) in [6.07, 6.45) is 10.6. The van der Waals surface area contributed by atoms with Crippen LogP contribution in [0.5, 0.6) is 0 Å². The molecule has 26 heavy (non-hydrogen) atoms. The van der Waals surface area contributed by atoms with Crippen LogP contribution in [0.25, 0.3) is 23.2 Å². The highest BCUT2D eigenvalue weighted by Gasteiger charge is 2.16. The topological polar surface area (TPSA) is 89.8 Å². The zero-order valence-corrected chi connectivity index (χ0v) is 15.7. The third-order valence-corrected chi connectivity index (χ3v) is 4.13. The van der Waals surface area contributed by atoms with E-state index < -0.39 is 0 Å². The molecule has 0 atom stereocenters. The number of aromatic nitrogens is 3. The first-order chi connectivity index (χ1) is 12.7. The van der Waals surface area contributed by atoms with Crippen molar-refractivity contribution in [1.29, 1.82) is 5.26 Å². The summed E-state index contributed by atoms with van der Waals surface area (Å²) in [5.74, 6) is 1.25. The van der Waals surface area contributed by atoms with Gasteiger partial charge in [-0.2, -0.15) is 9.99 Å². The monoisotopic (exact) mass is 353 g/mol. The summed E-state index contributed by atoms with van der Waals surface area (Å²) in [6, 6.07) is 2.16. The highest BCUT2D eigenvalue weighted by molar-refractivity contribution is 5.86. The Bertz CT molecular complexity index is 921. The number of unbranched alkanes of at least 4 members (excludes halogenated alkanes) is 3. The van der Waals surface area contributed by atoms with Crippen LogP contribution in [0.4, 0.5) is 5.82 Å². The third kappa shape index (κ3) is 4.23. The van der Waals surface area contributed by atoms with Gasteiger partial charge in [-0.3, -0.25) is 0 Å². The van der Waals surface area contributed by atoms with Crippen molar-refractivity contribution < 1.29 is 4.84 Å². The zero-order valence-electron chi connectivity index (χ0n) is 15.7. The van der Waals surface area contributed by atoms with Crippen LogP contribution in [0.1, 0.15) is 51.8 Å². The van der Waals surface area contributed by atoms with Crippen molar-refractivity contribution in [2.75, 3.05) is 12.3 Å². The molecule has 2 rings (SSSR count). The van der Waals surface area contributed by atoms with E-state index in [0.29, 0.717) is 24.4 Å². The SMILES string of the molecule is C=C/C=c1\c(=C/C)nc(N)c2nc(CCCC)n(OCCCCC#N)c12. The molecule has 0 aliphatic rings. The summed E-state index contributed by atoms with van der Waals surface area (Å²) in [4.78, 5) is 15.3. The number of imidazole rings is 1. The Balaban J connectivity index is 2.60. The van der Waals surface area contributed by atoms with Crippen molar-refractivity contribution >= 4 is 29.0 Å². The minimum atomic E-state index is 0.402. The van der Waals surface area contributed by atoms with Crippen LogP contribution >= 0.6 is 0 Å². The van der Waals surface area contributed by atoms with Crippen LogP contribution in [0.3, 0.4) is 0 Å². The largest absolute Gasteiger partial charge is 0.412 e. The third-order valence-electron chi connectivity index (χ3n) is 4.13. The van der Waals surface area contributed by atoms with Crippen molar-refractivity contribution in [3.05, 3.63) is 29.0 Å². The molecule has 2 N–H and O–H groups in total. The van der Waals surface area contributed by atoms with Crippen LogP contribution in [0.15, 0.2) is 12.7 Å². The van der Waals surface area contributed by atoms with Crippen LogP contribution in [-0.2, 0) is 6.42 Å². The zero-order chi connectivity index (χ0) is 18.9. The molecule has 0 saturated heterocycles. The minimum absolute atomic E-state index is 0.402. The quantitative estimate of drug-likeness (QED) is 0.698. The summed E-state index contributed by atoms with van der Waals surface area (Å²) in [5.41, 5.74) is 7.65. The van der Waals surface area contributed by atoms with E-state index in [2.05, 4.69) is 24.6 Å². The summed E-state index contributed by atoms with van der Waals surface area (Å²) >= 11 is 0. The smallest absolute Gasteiger partial charge is 0.152 e. The van der Waals surface area contributed by atoms with E-state index in [-0.39, 0.29) is 0 Å².